The summed E-state index contributed by atoms with van der Waals surface area (Å²) in [5, 5.41) is 2.53. The number of amides is 1. The maximum absolute atomic E-state index is 13.8. The monoisotopic (exact) mass is 400 g/mol. The molecular weight excluding hydrogens is 385 g/mol. The lowest BCUT2D eigenvalue weighted by molar-refractivity contribution is -0.191. The van der Waals surface area contributed by atoms with Crippen LogP contribution in [0.3, 0.4) is 0 Å². The van der Waals surface area contributed by atoms with Crippen LogP contribution in [0.2, 0.25) is 0 Å². The molecule has 2 aromatic rings. The molecular formula is C17H16BrF3N2O. The maximum Gasteiger partial charge on any atom is 0.409 e. The third-order valence-corrected chi connectivity index (χ3v) is 5.12. The van der Waals surface area contributed by atoms with Crippen LogP contribution in [0.5, 0.6) is 0 Å². The fraction of sp³-hybridized carbons (Fsp3) is 0.353. The molecule has 0 bridgehead atoms. The predicted octanol–water partition coefficient (Wildman–Crippen LogP) is 4.58. The number of hydrazine groups is 1. The molecule has 0 aliphatic carbocycles. The van der Waals surface area contributed by atoms with E-state index in [0.29, 0.717) is 9.86 Å². The first-order chi connectivity index (χ1) is 11.1. The summed E-state index contributed by atoms with van der Waals surface area (Å²) in [6.07, 6.45) is -4.53. The van der Waals surface area contributed by atoms with E-state index in [4.69, 9.17) is 0 Å². The Morgan fingerprint density at radius 1 is 1.21 bits per heavy atom. The Bertz CT molecular complexity index is 804. The lowest BCUT2D eigenvalue weighted by Gasteiger charge is -2.30. The molecule has 0 radical (unpaired) electrons. The Morgan fingerprint density at radius 3 is 2.46 bits per heavy atom. The summed E-state index contributed by atoms with van der Waals surface area (Å²) in [7, 11) is 0. The normalized spacial score (nSPS) is 19.5. The zero-order chi connectivity index (χ0) is 17.7. The number of hydrogen-bond donors (Lipinski definition) is 1. The average Bonchev–Trinajstić information content (AvgIpc) is 2.74. The van der Waals surface area contributed by atoms with Gasteiger partial charge in [-0.2, -0.15) is 13.2 Å². The summed E-state index contributed by atoms with van der Waals surface area (Å²) in [5.74, 6) is -0.409. The molecule has 1 amide bonds. The van der Waals surface area contributed by atoms with E-state index in [1.54, 1.807) is 32.0 Å². The van der Waals surface area contributed by atoms with Crippen molar-refractivity contribution in [3.05, 3.63) is 46.4 Å². The molecule has 0 unspecified atom stereocenters. The van der Waals surface area contributed by atoms with E-state index >= 15 is 0 Å². The second kappa shape index (κ2) is 5.74. The van der Waals surface area contributed by atoms with E-state index in [1.807, 2.05) is 12.1 Å². The highest BCUT2D eigenvalue weighted by Gasteiger charge is 2.51. The number of benzene rings is 2. The second-order valence-electron chi connectivity index (χ2n) is 6.59. The molecule has 7 heteroatoms. The van der Waals surface area contributed by atoms with E-state index in [-0.39, 0.29) is 12.1 Å². The summed E-state index contributed by atoms with van der Waals surface area (Å²) in [6.45, 7) is 3.24. The molecule has 1 aliphatic rings. The van der Waals surface area contributed by atoms with Gasteiger partial charge < -0.3 is 0 Å². The lowest BCUT2D eigenvalue weighted by atomic mass is 9.93. The minimum Gasteiger partial charge on any atom is -0.287 e. The first-order valence-electron chi connectivity index (χ1n) is 7.43. The Kier molecular flexibility index (Phi) is 4.12. The van der Waals surface area contributed by atoms with Crippen molar-refractivity contribution in [2.45, 2.75) is 26.1 Å². The predicted molar refractivity (Wildman–Crippen MR) is 89.1 cm³/mol. The molecule has 3 nitrogen and oxygen atoms in total. The quantitative estimate of drug-likeness (QED) is 0.799. The number of nitrogens with one attached hydrogen (secondary N) is 1. The number of halogens is 4. The van der Waals surface area contributed by atoms with Crippen molar-refractivity contribution < 1.29 is 18.0 Å². The average molecular weight is 401 g/mol. The number of rotatable bonds is 2. The smallest absolute Gasteiger partial charge is 0.287 e. The molecule has 128 valence electrons. The van der Waals surface area contributed by atoms with E-state index in [2.05, 4.69) is 21.4 Å². The van der Waals surface area contributed by atoms with Crippen LogP contribution in [0.1, 0.15) is 25.5 Å². The minimum atomic E-state index is -4.53. The standard InChI is InChI=1S/C17H16BrF3N2O/c1-16(2)9-23(22-15(16)24)14(17(19,20)21)12-8-7-10-5-3-4-6-11(10)13(12)18/h3-8,14H,9H2,1-2H3,(H,22,24)/t14-/m0/s1. The van der Waals surface area contributed by atoms with Crippen LogP contribution in [0.25, 0.3) is 10.8 Å². The number of hydrogen-bond acceptors (Lipinski definition) is 2. The van der Waals surface area contributed by atoms with Crippen molar-refractivity contribution in [2.24, 2.45) is 5.41 Å². The van der Waals surface area contributed by atoms with E-state index < -0.39 is 23.5 Å². The SMILES string of the molecule is CC1(C)CN([C@@H](c2ccc3ccccc3c2Br)C(F)(F)F)NC1=O. The van der Waals surface area contributed by atoms with Gasteiger partial charge in [0.25, 0.3) is 0 Å². The van der Waals surface area contributed by atoms with Crippen molar-refractivity contribution in [3.8, 4) is 0 Å². The fourth-order valence-corrected chi connectivity index (χ4v) is 3.67. The van der Waals surface area contributed by atoms with Crippen molar-refractivity contribution in [3.63, 3.8) is 0 Å². The van der Waals surface area contributed by atoms with Crippen LogP contribution in [0.4, 0.5) is 13.2 Å². The Morgan fingerprint density at radius 2 is 1.88 bits per heavy atom. The van der Waals surface area contributed by atoms with E-state index in [0.717, 1.165) is 10.4 Å². The third-order valence-electron chi connectivity index (χ3n) is 4.23. The summed E-state index contributed by atoms with van der Waals surface area (Å²) >= 11 is 3.33. The molecule has 2 aromatic carbocycles. The molecule has 1 heterocycles. The van der Waals surface area contributed by atoms with Gasteiger partial charge in [-0.15, -0.1) is 0 Å². The van der Waals surface area contributed by atoms with Crippen molar-refractivity contribution in [1.82, 2.24) is 10.4 Å². The number of nitrogens with zero attached hydrogens (tertiary/aromatic N) is 1. The van der Waals surface area contributed by atoms with Gasteiger partial charge in [-0.25, -0.2) is 5.01 Å². The minimum absolute atomic E-state index is 0.0186. The van der Waals surface area contributed by atoms with E-state index in [1.165, 1.54) is 6.07 Å². The first-order valence-corrected chi connectivity index (χ1v) is 8.22. The van der Waals surface area contributed by atoms with Crippen LogP contribution >= 0.6 is 15.9 Å². The summed E-state index contributed by atoms with van der Waals surface area (Å²) in [4.78, 5) is 11.9. The topological polar surface area (TPSA) is 32.3 Å². The number of alkyl halides is 3. The van der Waals surface area contributed by atoms with E-state index in [9.17, 15) is 18.0 Å². The summed E-state index contributed by atoms with van der Waals surface area (Å²) in [6, 6.07) is 8.43. The lowest BCUT2D eigenvalue weighted by Crippen LogP contribution is -2.43. The molecule has 1 aliphatic heterocycles. The molecule has 0 saturated carbocycles. The van der Waals surface area contributed by atoms with Crippen LogP contribution < -0.4 is 5.43 Å². The van der Waals surface area contributed by atoms with Crippen LogP contribution in [0.15, 0.2) is 40.9 Å². The zero-order valence-electron chi connectivity index (χ0n) is 13.1. The summed E-state index contributed by atoms with van der Waals surface area (Å²) < 4.78 is 41.8. The first kappa shape index (κ1) is 17.2. The molecule has 1 saturated heterocycles. The largest absolute Gasteiger partial charge is 0.409 e. The van der Waals surface area contributed by atoms with Crippen LogP contribution in [0, 0.1) is 5.41 Å². The molecule has 3 rings (SSSR count). The van der Waals surface area contributed by atoms with Gasteiger partial charge in [-0.3, -0.25) is 10.2 Å². The highest BCUT2D eigenvalue weighted by Crippen LogP contribution is 2.44. The van der Waals surface area contributed by atoms with Crippen molar-refractivity contribution in [1.29, 1.82) is 0 Å². The Labute approximate surface area is 145 Å². The highest BCUT2D eigenvalue weighted by molar-refractivity contribution is 9.10. The van der Waals surface area contributed by atoms with Gasteiger partial charge in [0.1, 0.15) is 0 Å². The molecule has 0 spiro atoms. The highest BCUT2D eigenvalue weighted by atomic mass is 79.9. The van der Waals surface area contributed by atoms with Gasteiger partial charge in [0, 0.05) is 11.0 Å². The van der Waals surface area contributed by atoms with Crippen LogP contribution in [-0.4, -0.2) is 23.6 Å². The second-order valence-corrected chi connectivity index (χ2v) is 7.38. The van der Waals surface area contributed by atoms with Gasteiger partial charge in [0.05, 0.1) is 5.41 Å². The Balaban J connectivity index is 2.12. The number of carbonyl (C=O) groups is 1. The number of fused-ring (bicyclic) bond motifs is 1. The van der Waals surface area contributed by atoms with Crippen LogP contribution in [-0.2, 0) is 4.79 Å². The summed E-state index contributed by atoms with van der Waals surface area (Å²) in [5.41, 5.74) is 1.59. The maximum atomic E-state index is 13.8. The molecule has 24 heavy (non-hydrogen) atoms. The molecule has 1 fully saturated rings. The molecule has 1 N–H and O–H groups in total. The van der Waals surface area contributed by atoms with Gasteiger partial charge in [-0.05, 0) is 46.1 Å². The van der Waals surface area contributed by atoms with Gasteiger partial charge >= 0.3 is 6.18 Å². The van der Waals surface area contributed by atoms with Gasteiger partial charge in [0.2, 0.25) is 5.91 Å². The van der Waals surface area contributed by atoms with Gasteiger partial charge in [0.15, 0.2) is 6.04 Å². The van der Waals surface area contributed by atoms with Gasteiger partial charge in [-0.1, -0.05) is 36.4 Å². The molecule has 1 atom stereocenters. The zero-order valence-corrected chi connectivity index (χ0v) is 14.7. The molecule has 0 aromatic heterocycles. The van der Waals surface area contributed by atoms with Crippen molar-refractivity contribution in [2.75, 3.05) is 6.54 Å². The number of carbonyl (C=O) groups excluding carboxylic acids is 1. The fourth-order valence-electron chi connectivity index (χ4n) is 2.96. The Hall–Kier alpha value is -1.60. The third kappa shape index (κ3) is 2.91. The van der Waals surface area contributed by atoms with Crippen molar-refractivity contribution >= 4 is 32.6 Å².